The van der Waals surface area contributed by atoms with Crippen LogP contribution in [0.4, 0.5) is 0 Å². The van der Waals surface area contributed by atoms with Gasteiger partial charge in [-0.2, -0.15) is 0 Å². The fourth-order valence-corrected chi connectivity index (χ4v) is 2.46. The summed E-state index contributed by atoms with van der Waals surface area (Å²) >= 11 is 1.62. The number of hydrogen-bond acceptors (Lipinski definition) is 5. The van der Waals surface area contributed by atoms with E-state index in [0.717, 1.165) is 17.2 Å². The molecule has 4 nitrogen and oxygen atoms in total. The summed E-state index contributed by atoms with van der Waals surface area (Å²) in [6, 6.07) is 0. The summed E-state index contributed by atoms with van der Waals surface area (Å²) in [6.45, 7) is 3.78. The van der Waals surface area contributed by atoms with Crippen LogP contribution in [0.15, 0.2) is 5.38 Å². The number of hydrogen-bond donors (Lipinski definition) is 2. The quantitative estimate of drug-likeness (QED) is 0.727. The lowest BCUT2D eigenvalue weighted by Crippen LogP contribution is -2.22. The predicted octanol–water partition coefficient (Wildman–Crippen LogP) is -0.0111. The van der Waals surface area contributed by atoms with Gasteiger partial charge in [-0.05, 0) is 6.92 Å². The lowest BCUT2D eigenvalue weighted by atomic mass is 10.3. The zero-order chi connectivity index (χ0) is 10.1. The molecule has 0 aromatic carbocycles. The van der Waals surface area contributed by atoms with Crippen molar-refractivity contribution in [2.24, 2.45) is 0 Å². The lowest BCUT2D eigenvalue weighted by Gasteiger charge is -2.11. The molecule has 2 unspecified atom stereocenters. The van der Waals surface area contributed by atoms with Crippen molar-refractivity contribution in [2.45, 2.75) is 25.7 Å². The zero-order valence-electron chi connectivity index (χ0n) is 8.05. The molecule has 1 aliphatic heterocycles. The summed E-state index contributed by atoms with van der Waals surface area (Å²) in [5.74, 6) is 0. The Hall–Kier alpha value is -0.490. The van der Waals surface area contributed by atoms with E-state index in [2.05, 4.69) is 4.98 Å². The normalized spacial score (nSPS) is 28.5. The van der Waals surface area contributed by atoms with Gasteiger partial charge in [0, 0.05) is 24.2 Å². The molecule has 1 saturated heterocycles. The standard InChI is InChI=1S/C9H14N2O2S/c1-6-5-14-9(10-6)4-11-2-7(12)8(13)3-11/h5,7-8,12-13H,2-4H2,1H3. The molecule has 78 valence electrons. The average molecular weight is 214 g/mol. The van der Waals surface area contributed by atoms with Crippen LogP contribution in [-0.4, -0.2) is 45.4 Å². The number of β-amino-alcohol motifs (C(OH)–C–C–N with tert-alkyl or cyclic N) is 2. The Morgan fingerprint density at radius 3 is 2.64 bits per heavy atom. The second-order valence-corrected chi connectivity index (χ2v) is 4.65. The van der Waals surface area contributed by atoms with Crippen molar-refractivity contribution < 1.29 is 10.2 Å². The highest BCUT2D eigenvalue weighted by Gasteiger charge is 2.29. The highest BCUT2D eigenvalue weighted by Crippen LogP contribution is 2.16. The summed E-state index contributed by atoms with van der Waals surface area (Å²) in [6.07, 6.45) is -1.20. The number of aryl methyl sites for hydroxylation is 1. The van der Waals surface area contributed by atoms with Crippen LogP contribution < -0.4 is 0 Å². The van der Waals surface area contributed by atoms with E-state index in [4.69, 9.17) is 0 Å². The molecular weight excluding hydrogens is 200 g/mol. The summed E-state index contributed by atoms with van der Waals surface area (Å²) in [4.78, 5) is 6.36. The zero-order valence-corrected chi connectivity index (χ0v) is 8.87. The minimum absolute atomic E-state index is 0.541. The highest BCUT2D eigenvalue weighted by molar-refractivity contribution is 7.09. The second kappa shape index (κ2) is 3.94. The third-order valence-corrected chi connectivity index (χ3v) is 3.31. The van der Waals surface area contributed by atoms with E-state index in [0.29, 0.717) is 13.1 Å². The van der Waals surface area contributed by atoms with Crippen LogP contribution in [0, 0.1) is 6.92 Å². The Bertz CT molecular complexity index is 306. The molecule has 1 aromatic rings. The number of nitrogens with zero attached hydrogens (tertiary/aromatic N) is 2. The van der Waals surface area contributed by atoms with Crippen LogP contribution in [0.3, 0.4) is 0 Å². The third kappa shape index (κ3) is 2.12. The van der Waals surface area contributed by atoms with E-state index in [9.17, 15) is 10.2 Å². The van der Waals surface area contributed by atoms with E-state index >= 15 is 0 Å². The Labute approximate surface area is 86.8 Å². The Morgan fingerprint density at radius 1 is 1.50 bits per heavy atom. The molecule has 5 heteroatoms. The van der Waals surface area contributed by atoms with E-state index in [1.807, 2.05) is 17.2 Å². The Balaban J connectivity index is 1.93. The van der Waals surface area contributed by atoms with Gasteiger partial charge in [0.15, 0.2) is 0 Å². The van der Waals surface area contributed by atoms with Crippen molar-refractivity contribution in [3.8, 4) is 0 Å². The Kier molecular flexibility index (Phi) is 2.83. The lowest BCUT2D eigenvalue weighted by molar-refractivity contribution is 0.0572. The number of aliphatic hydroxyl groups is 2. The van der Waals surface area contributed by atoms with Gasteiger partial charge in [0.25, 0.3) is 0 Å². The van der Waals surface area contributed by atoms with Crippen molar-refractivity contribution >= 4 is 11.3 Å². The molecule has 1 fully saturated rings. The first kappa shape index (κ1) is 10.0. The van der Waals surface area contributed by atoms with Gasteiger partial charge < -0.3 is 10.2 Å². The molecule has 0 aliphatic carbocycles. The molecule has 14 heavy (non-hydrogen) atoms. The molecule has 2 atom stereocenters. The van der Waals surface area contributed by atoms with Crippen LogP contribution >= 0.6 is 11.3 Å². The maximum Gasteiger partial charge on any atom is 0.107 e. The van der Waals surface area contributed by atoms with E-state index in [1.54, 1.807) is 11.3 Å². The predicted molar refractivity (Wildman–Crippen MR) is 54.1 cm³/mol. The van der Waals surface area contributed by atoms with Gasteiger partial charge in [0.05, 0.1) is 18.8 Å². The van der Waals surface area contributed by atoms with Crippen LogP contribution in [-0.2, 0) is 6.54 Å². The summed E-state index contributed by atoms with van der Waals surface area (Å²) in [7, 11) is 0. The summed E-state index contributed by atoms with van der Waals surface area (Å²) in [5, 5.41) is 21.7. The van der Waals surface area contributed by atoms with E-state index < -0.39 is 12.2 Å². The molecule has 2 N–H and O–H groups in total. The van der Waals surface area contributed by atoms with Crippen molar-refractivity contribution in [1.82, 2.24) is 9.88 Å². The fourth-order valence-electron chi connectivity index (χ4n) is 1.64. The van der Waals surface area contributed by atoms with Crippen molar-refractivity contribution in [3.05, 3.63) is 16.1 Å². The first-order valence-electron chi connectivity index (χ1n) is 4.64. The van der Waals surface area contributed by atoms with Crippen LogP contribution in [0.5, 0.6) is 0 Å². The number of aromatic nitrogens is 1. The van der Waals surface area contributed by atoms with E-state index in [1.165, 1.54) is 0 Å². The smallest absolute Gasteiger partial charge is 0.107 e. The molecule has 1 aromatic heterocycles. The van der Waals surface area contributed by atoms with Gasteiger partial charge in [-0.3, -0.25) is 4.90 Å². The number of thiazole rings is 1. The van der Waals surface area contributed by atoms with Crippen molar-refractivity contribution in [1.29, 1.82) is 0 Å². The average Bonchev–Trinajstić information content (AvgIpc) is 2.62. The minimum Gasteiger partial charge on any atom is -0.389 e. The first-order chi connectivity index (χ1) is 6.65. The monoisotopic (exact) mass is 214 g/mol. The van der Waals surface area contributed by atoms with Crippen molar-refractivity contribution in [3.63, 3.8) is 0 Å². The van der Waals surface area contributed by atoms with Gasteiger partial charge in [-0.25, -0.2) is 4.98 Å². The molecule has 1 aliphatic rings. The molecule has 0 bridgehead atoms. The minimum atomic E-state index is -0.601. The van der Waals surface area contributed by atoms with Crippen LogP contribution in [0.25, 0.3) is 0 Å². The number of aliphatic hydroxyl groups excluding tert-OH is 2. The molecule has 2 heterocycles. The number of likely N-dealkylation sites (tertiary alicyclic amines) is 1. The van der Waals surface area contributed by atoms with Gasteiger partial charge in [0.1, 0.15) is 5.01 Å². The molecule has 2 rings (SSSR count). The van der Waals surface area contributed by atoms with Crippen LogP contribution in [0.2, 0.25) is 0 Å². The molecule has 0 radical (unpaired) electrons. The Morgan fingerprint density at radius 2 is 2.14 bits per heavy atom. The highest BCUT2D eigenvalue weighted by atomic mass is 32.1. The summed E-state index contributed by atoms with van der Waals surface area (Å²) < 4.78 is 0. The van der Waals surface area contributed by atoms with Gasteiger partial charge in [-0.1, -0.05) is 0 Å². The number of rotatable bonds is 2. The second-order valence-electron chi connectivity index (χ2n) is 3.71. The summed E-state index contributed by atoms with van der Waals surface area (Å²) in [5.41, 5.74) is 1.03. The molecule has 0 spiro atoms. The SMILES string of the molecule is Cc1csc(CN2CC(O)C(O)C2)n1. The van der Waals surface area contributed by atoms with Gasteiger partial charge in [-0.15, -0.1) is 11.3 Å². The first-order valence-corrected chi connectivity index (χ1v) is 5.52. The largest absolute Gasteiger partial charge is 0.389 e. The maximum atomic E-state index is 9.34. The maximum absolute atomic E-state index is 9.34. The molecular formula is C9H14N2O2S. The van der Waals surface area contributed by atoms with Gasteiger partial charge in [0.2, 0.25) is 0 Å². The third-order valence-electron chi connectivity index (χ3n) is 2.36. The fraction of sp³-hybridized carbons (Fsp3) is 0.667. The van der Waals surface area contributed by atoms with Crippen LogP contribution in [0.1, 0.15) is 10.7 Å². The topological polar surface area (TPSA) is 56.6 Å². The molecule has 0 saturated carbocycles. The van der Waals surface area contributed by atoms with Crippen molar-refractivity contribution in [2.75, 3.05) is 13.1 Å². The molecule has 0 amide bonds. The van der Waals surface area contributed by atoms with Gasteiger partial charge >= 0.3 is 0 Å². The van der Waals surface area contributed by atoms with E-state index in [-0.39, 0.29) is 0 Å².